The minimum absolute atomic E-state index is 0.00338. The molecule has 0 aromatic carbocycles. The van der Waals surface area contributed by atoms with Crippen molar-refractivity contribution in [3.8, 4) is 0 Å². The summed E-state index contributed by atoms with van der Waals surface area (Å²) < 4.78 is 4.88. The van der Waals surface area contributed by atoms with Gasteiger partial charge in [-0.25, -0.2) is 4.98 Å². The van der Waals surface area contributed by atoms with E-state index in [-0.39, 0.29) is 22.2 Å². The van der Waals surface area contributed by atoms with Crippen molar-refractivity contribution in [1.29, 1.82) is 0 Å². The van der Waals surface area contributed by atoms with Crippen molar-refractivity contribution in [2.75, 3.05) is 5.73 Å². The molecule has 0 aliphatic heterocycles. The molecule has 62 valence electrons. The first-order valence-electron chi connectivity index (χ1n) is 2.92. The number of rotatable bonds is 0. The van der Waals surface area contributed by atoms with Gasteiger partial charge in [0.1, 0.15) is 0 Å². The van der Waals surface area contributed by atoms with Crippen molar-refractivity contribution in [3.05, 3.63) is 10.4 Å². The molecule has 0 aliphatic rings. The van der Waals surface area contributed by atoms with Crippen molar-refractivity contribution < 1.29 is 4.42 Å². The van der Waals surface area contributed by atoms with Gasteiger partial charge in [-0.3, -0.25) is 0 Å². The lowest BCUT2D eigenvalue weighted by atomic mass is 10.6. The van der Waals surface area contributed by atoms with Gasteiger partial charge in [0.15, 0.2) is 10.7 Å². The molecule has 0 bridgehead atoms. The first-order chi connectivity index (χ1) is 5.66. The Morgan fingerprint density at radius 1 is 1.17 bits per heavy atom. The Balaban J connectivity index is 2.88. The summed E-state index contributed by atoms with van der Waals surface area (Å²) in [6, 6.07) is -0.0107. The van der Waals surface area contributed by atoms with Crippen molar-refractivity contribution >= 4 is 40.4 Å². The van der Waals surface area contributed by atoms with Crippen LogP contribution >= 0.6 is 23.2 Å². The molecule has 2 aromatic heterocycles. The Morgan fingerprint density at radius 2 is 1.92 bits per heavy atom. The molecular weight excluding hydrogens is 203 g/mol. The predicted molar refractivity (Wildman–Crippen MR) is 44.0 cm³/mol. The van der Waals surface area contributed by atoms with Gasteiger partial charge in [0.25, 0.3) is 11.7 Å². The Bertz CT molecular complexity index is 440. The number of anilines is 1. The summed E-state index contributed by atoms with van der Waals surface area (Å²) in [6.45, 7) is 0. The van der Waals surface area contributed by atoms with E-state index in [9.17, 15) is 0 Å². The SMILES string of the molecule is Nc1nc2c(Cl)nc(Cl)nc2o1. The molecule has 0 radical (unpaired) electrons. The van der Waals surface area contributed by atoms with Crippen LogP contribution in [0.2, 0.25) is 10.4 Å². The second-order valence-corrected chi connectivity index (χ2v) is 2.69. The van der Waals surface area contributed by atoms with Gasteiger partial charge in [-0.2, -0.15) is 9.97 Å². The summed E-state index contributed by atoms with van der Waals surface area (Å²) in [5, 5.41) is 0.133. The maximum Gasteiger partial charge on any atom is 0.294 e. The lowest BCUT2D eigenvalue weighted by molar-refractivity contribution is 0.613. The molecule has 0 unspecified atom stereocenters. The van der Waals surface area contributed by atoms with Crippen LogP contribution in [0.5, 0.6) is 0 Å². The second kappa shape index (κ2) is 2.46. The normalized spacial score (nSPS) is 10.8. The van der Waals surface area contributed by atoms with E-state index in [2.05, 4.69) is 15.0 Å². The molecule has 0 fully saturated rings. The molecule has 2 heterocycles. The summed E-state index contributed by atoms with van der Waals surface area (Å²) >= 11 is 11.2. The molecule has 0 saturated heterocycles. The van der Waals surface area contributed by atoms with Crippen LogP contribution in [0.3, 0.4) is 0 Å². The third kappa shape index (κ3) is 1.07. The van der Waals surface area contributed by atoms with E-state index in [0.29, 0.717) is 5.52 Å². The Kier molecular flexibility index (Phi) is 1.55. The molecule has 7 heteroatoms. The number of nitrogen functional groups attached to an aromatic ring is 1. The number of nitrogens with two attached hydrogens (primary N) is 1. The fourth-order valence-corrected chi connectivity index (χ4v) is 1.19. The van der Waals surface area contributed by atoms with Crippen molar-refractivity contribution in [3.63, 3.8) is 0 Å². The number of hydrogen-bond donors (Lipinski definition) is 1. The summed E-state index contributed by atoms with van der Waals surface area (Å²) in [7, 11) is 0. The zero-order chi connectivity index (χ0) is 8.72. The van der Waals surface area contributed by atoms with Gasteiger partial charge in [-0.05, 0) is 11.6 Å². The Hall–Kier alpha value is -1.07. The predicted octanol–water partition coefficient (Wildman–Crippen LogP) is 1.51. The van der Waals surface area contributed by atoms with Gasteiger partial charge in [0, 0.05) is 0 Å². The van der Waals surface area contributed by atoms with Crippen LogP contribution in [0.1, 0.15) is 0 Å². The van der Waals surface area contributed by atoms with Crippen LogP contribution in [0, 0.1) is 0 Å². The number of hydrogen-bond acceptors (Lipinski definition) is 5. The van der Waals surface area contributed by atoms with E-state index in [1.165, 1.54) is 0 Å². The van der Waals surface area contributed by atoms with Crippen molar-refractivity contribution in [2.24, 2.45) is 0 Å². The molecule has 2 N–H and O–H groups in total. The van der Waals surface area contributed by atoms with Crippen molar-refractivity contribution in [1.82, 2.24) is 15.0 Å². The van der Waals surface area contributed by atoms with Crippen molar-refractivity contribution in [2.45, 2.75) is 0 Å². The maximum atomic E-state index is 5.66. The van der Waals surface area contributed by atoms with E-state index < -0.39 is 0 Å². The van der Waals surface area contributed by atoms with Crippen LogP contribution in [0.15, 0.2) is 4.42 Å². The highest BCUT2D eigenvalue weighted by molar-refractivity contribution is 6.35. The average Bonchev–Trinajstić information content (AvgIpc) is 2.29. The Labute approximate surface area is 76.5 Å². The average molecular weight is 205 g/mol. The fourth-order valence-electron chi connectivity index (χ4n) is 0.781. The molecule has 2 aromatic rings. The molecule has 0 aliphatic carbocycles. The second-order valence-electron chi connectivity index (χ2n) is 1.99. The van der Waals surface area contributed by atoms with Crippen LogP contribution in [0.4, 0.5) is 6.01 Å². The van der Waals surface area contributed by atoms with E-state index in [1.54, 1.807) is 0 Å². The van der Waals surface area contributed by atoms with Gasteiger partial charge in [0.05, 0.1) is 0 Å². The van der Waals surface area contributed by atoms with Crippen LogP contribution in [-0.4, -0.2) is 15.0 Å². The first kappa shape index (κ1) is 7.57. The van der Waals surface area contributed by atoms with Gasteiger partial charge in [-0.15, -0.1) is 0 Å². The highest BCUT2D eigenvalue weighted by Gasteiger charge is 2.10. The van der Waals surface area contributed by atoms with Gasteiger partial charge < -0.3 is 10.2 Å². The monoisotopic (exact) mass is 204 g/mol. The number of nitrogens with zero attached hydrogens (tertiary/aromatic N) is 3. The van der Waals surface area contributed by atoms with E-state index >= 15 is 0 Å². The van der Waals surface area contributed by atoms with Gasteiger partial charge in [-0.1, -0.05) is 11.6 Å². The Morgan fingerprint density at radius 3 is 2.67 bits per heavy atom. The number of halogens is 2. The molecule has 12 heavy (non-hydrogen) atoms. The number of oxazole rings is 1. The summed E-state index contributed by atoms with van der Waals surface area (Å²) in [5.74, 6) is 0. The van der Waals surface area contributed by atoms with Gasteiger partial charge in [0.2, 0.25) is 5.28 Å². The minimum atomic E-state index is -0.0107. The quantitative estimate of drug-likeness (QED) is 0.520. The lowest BCUT2D eigenvalue weighted by Crippen LogP contribution is -1.84. The number of aromatic nitrogens is 3. The standard InChI is InChI=1S/C5H2Cl2N4O/c6-2-1-3(11-4(7)10-2)12-5(8)9-1/h(H2,8,9). The molecule has 0 saturated carbocycles. The molecule has 5 nitrogen and oxygen atoms in total. The molecule has 2 rings (SSSR count). The maximum absolute atomic E-state index is 5.66. The lowest BCUT2D eigenvalue weighted by Gasteiger charge is -1.89. The van der Waals surface area contributed by atoms with E-state index in [4.69, 9.17) is 33.4 Å². The summed E-state index contributed by atoms with van der Waals surface area (Å²) in [6.07, 6.45) is 0. The molecule has 0 atom stereocenters. The smallest absolute Gasteiger partial charge is 0.294 e. The highest BCUT2D eigenvalue weighted by Crippen LogP contribution is 2.22. The molecular formula is C5H2Cl2N4O. The first-order valence-corrected chi connectivity index (χ1v) is 3.67. The zero-order valence-corrected chi connectivity index (χ0v) is 7.10. The fraction of sp³-hybridized carbons (Fsp3) is 0. The van der Waals surface area contributed by atoms with E-state index in [0.717, 1.165) is 0 Å². The minimum Gasteiger partial charge on any atom is -0.404 e. The van der Waals surface area contributed by atoms with Crippen LogP contribution < -0.4 is 5.73 Å². The van der Waals surface area contributed by atoms with Crippen LogP contribution in [-0.2, 0) is 0 Å². The molecule has 0 amide bonds. The van der Waals surface area contributed by atoms with Crippen LogP contribution in [0.25, 0.3) is 11.2 Å². The third-order valence-corrected chi connectivity index (χ3v) is 1.64. The van der Waals surface area contributed by atoms with E-state index in [1.807, 2.05) is 0 Å². The topological polar surface area (TPSA) is 77.8 Å². The highest BCUT2D eigenvalue weighted by atomic mass is 35.5. The zero-order valence-electron chi connectivity index (χ0n) is 5.58. The molecule has 0 spiro atoms. The number of fused-ring (bicyclic) bond motifs is 1. The third-order valence-electron chi connectivity index (χ3n) is 1.21. The summed E-state index contributed by atoms with van der Waals surface area (Å²) in [5.41, 5.74) is 5.77. The largest absolute Gasteiger partial charge is 0.404 e. The summed E-state index contributed by atoms with van der Waals surface area (Å²) in [4.78, 5) is 11.1. The van der Waals surface area contributed by atoms with Gasteiger partial charge >= 0.3 is 0 Å².